The first-order valence-electron chi connectivity index (χ1n) is 7.55. The Bertz CT molecular complexity index is 481. The lowest BCUT2D eigenvalue weighted by atomic mass is 9.90. The van der Waals surface area contributed by atoms with Gasteiger partial charge in [-0.25, -0.2) is 4.39 Å². The number of carbonyl (C=O) groups excluding carboxylic acids is 1. The Hall–Kier alpha value is -0.940. The van der Waals surface area contributed by atoms with Gasteiger partial charge >= 0.3 is 0 Å². The summed E-state index contributed by atoms with van der Waals surface area (Å²) in [6.45, 7) is 2.69. The van der Waals surface area contributed by atoms with Gasteiger partial charge in [0.25, 0.3) is 5.91 Å². The van der Waals surface area contributed by atoms with E-state index in [1.165, 1.54) is 6.07 Å². The first kappa shape index (κ1) is 16.4. The molecule has 0 aromatic heterocycles. The largest absolute Gasteiger partial charge is 0.336 e. The molecular formula is C16H22BrFN2O. The van der Waals surface area contributed by atoms with Gasteiger partial charge in [-0.1, -0.05) is 13.0 Å². The van der Waals surface area contributed by atoms with Crippen molar-refractivity contribution in [3.05, 3.63) is 34.1 Å². The number of carbonyl (C=O) groups is 1. The second-order valence-electron chi connectivity index (χ2n) is 5.66. The van der Waals surface area contributed by atoms with E-state index in [-0.39, 0.29) is 23.6 Å². The van der Waals surface area contributed by atoms with E-state index >= 15 is 0 Å². The van der Waals surface area contributed by atoms with Crippen LogP contribution >= 0.6 is 15.9 Å². The van der Waals surface area contributed by atoms with Crippen LogP contribution < -0.4 is 5.73 Å². The molecule has 1 aromatic carbocycles. The number of benzene rings is 1. The first-order chi connectivity index (χ1) is 10.0. The number of amides is 1. The smallest absolute Gasteiger partial charge is 0.258 e. The van der Waals surface area contributed by atoms with Gasteiger partial charge in [0.15, 0.2) is 0 Å². The monoisotopic (exact) mass is 356 g/mol. The van der Waals surface area contributed by atoms with Crippen LogP contribution in [0.2, 0.25) is 0 Å². The third-order valence-corrected chi connectivity index (χ3v) is 4.74. The molecule has 1 aliphatic carbocycles. The molecule has 1 aliphatic rings. The number of halogens is 2. The Morgan fingerprint density at radius 2 is 2.05 bits per heavy atom. The molecule has 3 nitrogen and oxygen atoms in total. The highest BCUT2D eigenvalue weighted by molar-refractivity contribution is 9.10. The van der Waals surface area contributed by atoms with Crippen LogP contribution in [0, 0.1) is 5.82 Å². The molecule has 0 radical (unpaired) electrons. The van der Waals surface area contributed by atoms with Crippen LogP contribution in [0.5, 0.6) is 0 Å². The summed E-state index contributed by atoms with van der Waals surface area (Å²) >= 11 is 3.29. The van der Waals surface area contributed by atoms with E-state index in [9.17, 15) is 9.18 Å². The molecule has 1 fully saturated rings. The number of nitrogens with zero attached hydrogens (tertiary/aromatic N) is 1. The van der Waals surface area contributed by atoms with E-state index in [1.54, 1.807) is 12.1 Å². The van der Waals surface area contributed by atoms with Crippen LogP contribution in [0.3, 0.4) is 0 Å². The molecular weight excluding hydrogens is 335 g/mol. The van der Waals surface area contributed by atoms with Gasteiger partial charge in [0.1, 0.15) is 5.82 Å². The molecule has 0 bridgehead atoms. The van der Waals surface area contributed by atoms with Crippen molar-refractivity contribution >= 4 is 21.8 Å². The second-order valence-corrected chi connectivity index (χ2v) is 6.52. The SMILES string of the molecule is CCCN(C(=O)c1c(F)cccc1Br)C1CCC(N)CC1. The highest BCUT2D eigenvalue weighted by Gasteiger charge is 2.30. The Morgan fingerprint density at radius 1 is 1.38 bits per heavy atom. The van der Waals surface area contributed by atoms with Gasteiger partial charge in [0, 0.05) is 23.1 Å². The number of rotatable bonds is 4. The fraction of sp³-hybridized carbons (Fsp3) is 0.562. The minimum atomic E-state index is -0.469. The zero-order valence-electron chi connectivity index (χ0n) is 12.3. The topological polar surface area (TPSA) is 46.3 Å². The molecule has 1 saturated carbocycles. The van der Waals surface area contributed by atoms with Gasteiger partial charge < -0.3 is 10.6 Å². The second kappa shape index (κ2) is 7.36. The van der Waals surface area contributed by atoms with Crippen LogP contribution in [0.25, 0.3) is 0 Å². The Morgan fingerprint density at radius 3 is 2.62 bits per heavy atom. The Labute approximate surface area is 133 Å². The van der Waals surface area contributed by atoms with Crippen LogP contribution in [0.1, 0.15) is 49.4 Å². The van der Waals surface area contributed by atoms with E-state index in [0.717, 1.165) is 32.1 Å². The van der Waals surface area contributed by atoms with Gasteiger partial charge in [-0.3, -0.25) is 4.79 Å². The lowest BCUT2D eigenvalue weighted by Gasteiger charge is -2.36. The number of hydrogen-bond acceptors (Lipinski definition) is 2. The van der Waals surface area contributed by atoms with Crippen molar-refractivity contribution in [2.75, 3.05) is 6.54 Å². The summed E-state index contributed by atoms with van der Waals surface area (Å²) < 4.78 is 14.5. The van der Waals surface area contributed by atoms with Gasteiger partial charge in [-0.2, -0.15) is 0 Å². The van der Waals surface area contributed by atoms with E-state index in [4.69, 9.17) is 5.73 Å². The van der Waals surface area contributed by atoms with E-state index in [1.807, 2.05) is 11.8 Å². The van der Waals surface area contributed by atoms with Gasteiger partial charge in [-0.05, 0) is 60.2 Å². The van der Waals surface area contributed by atoms with Crippen LogP contribution in [0.4, 0.5) is 4.39 Å². The van der Waals surface area contributed by atoms with Crippen LogP contribution in [-0.4, -0.2) is 29.4 Å². The van der Waals surface area contributed by atoms with Crippen LogP contribution in [0.15, 0.2) is 22.7 Å². The highest BCUT2D eigenvalue weighted by Crippen LogP contribution is 2.27. The summed E-state index contributed by atoms with van der Waals surface area (Å²) in [5, 5.41) is 0. The third kappa shape index (κ3) is 3.83. The molecule has 0 aliphatic heterocycles. The summed E-state index contributed by atoms with van der Waals surface area (Å²) in [6, 6.07) is 5.04. The van der Waals surface area contributed by atoms with Crippen molar-refractivity contribution in [2.45, 2.75) is 51.1 Å². The predicted molar refractivity (Wildman–Crippen MR) is 85.7 cm³/mol. The minimum absolute atomic E-state index is 0.140. The summed E-state index contributed by atoms with van der Waals surface area (Å²) in [7, 11) is 0. The fourth-order valence-electron chi connectivity index (χ4n) is 2.95. The fourth-order valence-corrected chi connectivity index (χ4v) is 3.46. The van der Waals surface area contributed by atoms with Crippen molar-refractivity contribution in [1.82, 2.24) is 4.90 Å². The normalized spacial score (nSPS) is 22.1. The van der Waals surface area contributed by atoms with E-state index in [2.05, 4.69) is 15.9 Å². The standard InChI is InChI=1S/C16H22BrFN2O/c1-2-10-20(12-8-6-11(19)7-9-12)16(21)15-13(17)4-3-5-14(15)18/h3-5,11-12H,2,6-10,19H2,1H3. The summed E-state index contributed by atoms with van der Waals surface area (Å²) in [5.74, 6) is -0.690. The predicted octanol–water partition coefficient (Wildman–Crippen LogP) is 3.71. The van der Waals surface area contributed by atoms with Crippen molar-refractivity contribution in [3.8, 4) is 0 Å². The molecule has 1 aromatic rings. The van der Waals surface area contributed by atoms with E-state index < -0.39 is 5.82 Å². The molecule has 5 heteroatoms. The lowest BCUT2D eigenvalue weighted by molar-refractivity contribution is 0.0621. The molecule has 1 amide bonds. The first-order valence-corrected chi connectivity index (χ1v) is 8.34. The van der Waals surface area contributed by atoms with Crippen molar-refractivity contribution < 1.29 is 9.18 Å². The average molecular weight is 357 g/mol. The lowest BCUT2D eigenvalue weighted by Crippen LogP contribution is -2.45. The Balaban J connectivity index is 2.23. The van der Waals surface area contributed by atoms with Gasteiger partial charge in [0.2, 0.25) is 0 Å². The van der Waals surface area contributed by atoms with E-state index in [0.29, 0.717) is 11.0 Å². The molecule has 2 N–H and O–H groups in total. The molecule has 21 heavy (non-hydrogen) atoms. The Kier molecular flexibility index (Phi) is 5.76. The number of nitrogens with two attached hydrogens (primary N) is 1. The molecule has 2 rings (SSSR count). The zero-order chi connectivity index (χ0) is 15.4. The van der Waals surface area contributed by atoms with Crippen molar-refractivity contribution in [1.29, 1.82) is 0 Å². The molecule has 0 spiro atoms. The van der Waals surface area contributed by atoms with Crippen LogP contribution in [-0.2, 0) is 0 Å². The quantitative estimate of drug-likeness (QED) is 0.893. The van der Waals surface area contributed by atoms with Gasteiger partial charge in [-0.15, -0.1) is 0 Å². The average Bonchev–Trinajstić information content (AvgIpc) is 2.45. The molecule has 0 heterocycles. The molecule has 0 saturated heterocycles. The van der Waals surface area contributed by atoms with Crippen molar-refractivity contribution in [2.24, 2.45) is 5.73 Å². The summed E-state index contributed by atoms with van der Waals surface area (Å²) in [4.78, 5) is 14.6. The molecule has 0 atom stereocenters. The van der Waals surface area contributed by atoms with Crippen molar-refractivity contribution in [3.63, 3.8) is 0 Å². The highest BCUT2D eigenvalue weighted by atomic mass is 79.9. The maximum Gasteiger partial charge on any atom is 0.258 e. The number of hydrogen-bond donors (Lipinski definition) is 1. The molecule has 0 unspecified atom stereocenters. The minimum Gasteiger partial charge on any atom is -0.336 e. The third-order valence-electron chi connectivity index (χ3n) is 4.08. The van der Waals surface area contributed by atoms with Gasteiger partial charge in [0.05, 0.1) is 5.56 Å². The summed E-state index contributed by atoms with van der Waals surface area (Å²) in [6.07, 6.45) is 4.52. The maximum absolute atomic E-state index is 14.0. The zero-order valence-corrected chi connectivity index (χ0v) is 13.9. The summed E-state index contributed by atoms with van der Waals surface area (Å²) in [5.41, 5.74) is 6.08. The maximum atomic E-state index is 14.0. The molecule has 116 valence electrons.